The minimum Gasteiger partial charge on any atom is -0.495 e. The first-order valence-corrected chi connectivity index (χ1v) is 8.21. The van der Waals surface area contributed by atoms with Gasteiger partial charge >= 0.3 is 5.97 Å². The molecule has 9 heteroatoms. The third-order valence-corrected chi connectivity index (χ3v) is 4.43. The average molecular weight is 339 g/mol. The summed E-state index contributed by atoms with van der Waals surface area (Å²) in [5.41, 5.74) is -0.00827. The van der Waals surface area contributed by atoms with Crippen molar-refractivity contribution in [3.8, 4) is 5.75 Å². The van der Waals surface area contributed by atoms with Crippen molar-refractivity contribution >= 4 is 21.7 Å². The molecule has 0 saturated heterocycles. The number of sulfonamides is 1. The molecule has 0 saturated carbocycles. The van der Waals surface area contributed by atoms with Gasteiger partial charge < -0.3 is 9.84 Å². The summed E-state index contributed by atoms with van der Waals surface area (Å²) in [6.07, 6.45) is 2.64. The maximum Gasteiger partial charge on any atom is 0.335 e. The van der Waals surface area contributed by atoms with Gasteiger partial charge in [-0.1, -0.05) is 0 Å². The average Bonchev–Trinajstić information content (AvgIpc) is 2.97. The lowest BCUT2D eigenvalue weighted by Gasteiger charge is -2.11. The molecule has 2 aromatic rings. The number of aromatic carboxylic acids is 1. The van der Waals surface area contributed by atoms with E-state index in [0.29, 0.717) is 0 Å². The molecule has 1 aromatic carbocycles. The summed E-state index contributed by atoms with van der Waals surface area (Å²) in [5, 5.41) is 13.0. The Morgan fingerprint density at radius 1 is 1.39 bits per heavy atom. The van der Waals surface area contributed by atoms with Crippen molar-refractivity contribution in [2.24, 2.45) is 0 Å². The Hall–Kier alpha value is -2.55. The summed E-state index contributed by atoms with van der Waals surface area (Å²) < 4.78 is 33.7. The summed E-state index contributed by atoms with van der Waals surface area (Å²) in [6.45, 7) is 3.74. The zero-order valence-corrected chi connectivity index (χ0v) is 13.7. The van der Waals surface area contributed by atoms with E-state index in [1.807, 2.05) is 13.8 Å². The van der Waals surface area contributed by atoms with Gasteiger partial charge in [0.2, 0.25) is 0 Å². The molecule has 2 N–H and O–H groups in total. The van der Waals surface area contributed by atoms with Crippen LogP contribution < -0.4 is 9.46 Å². The van der Waals surface area contributed by atoms with Gasteiger partial charge in [-0.05, 0) is 32.0 Å². The molecule has 0 unspecified atom stereocenters. The monoisotopic (exact) mass is 339 g/mol. The SMILES string of the molecule is COc1ccc(C(=O)O)cc1NS(=O)(=O)c1cnn(C(C)C)c1. The number of anilines is 1. The number of carbonyl (C=O) groups is 1. The second-order valence-corrected chi connectivity index (χ2v) is 6.76. The Balaban J connectivity index is 2.39. The molecule has 124 valence electrons. The lowest BCUT2D eigenvalue weighted by molar-refractivity contribution is 0.0697. The highest BCUT2D eigenvalue weighted by atomic mass is 32.2. The van der Waals surface area contributed by atoms with E-state index in [4.69, 9.17) is 9.84 Å². The second kappa shape index (κ2) is 6.29. The molecule has 0 amide bonds. The summed E-state index contributed by atoms with van der Waals surface area (Å²) in [4.78, 5) is 11.0. The molecule has 8 nitrogen and oxygen atoms in total. The van der Waals surface area contributed by atoms with Crippen LogP contribution in [-0.2, 0) is 10.0 Å². The largest absolute Gasteiger partial charge is 0.495 e. The standard InChI is InChI=1S/C14H17N3O5S/c1-9(2)17-8-11(7-15-17)23(20,21)16-12-6-10(14(18)19)4-5-13(12)22-3/h4-9,16H,1-3H3,(H,18,19). The minimum absolute atomic E-state index is 0.0174. The zero-order chi connectivity index (χ0) is 17.2. The van der Waals surface area contributed by atoms with Gasteiger partial charge in [0.1, 0.15) is 10.6 Å². The number of nitrogens with one attached hydrogen (secondary N) is 1. The first-order valence-electron chi connectivity index (χ1n) is 6.73. The molecule has 0 radical (unpaired) electrons. The van der Waals surface area contributed by atoms with Crippen molar-refractivity contribution in [1.82, 2.24) is 9.78 Å². The van der Waals surface area contributed by atoms with E-state index in [1.54, 1.807) is 0 Å². The number of rotatable bonds is 6. The summed E-state index contributed by atoms with van der Waals surface area (Å²) in [6, 6.07) is 3.93. The molecule has 0 spiro atoms. The molecule has 0 aliphatic carbocycles. The minimum atomic E-state index is -3.91. The van der Waals surface area contributed by atoms with Crippen LogP contribution in [0.5, 0.6) is 5.75 Å². The van der Waals surface area contributed by atoms with Gasteiger partial charge in [-0.25, -0.2) is 13.2 Å². The number of nitrogens with zero attached hydrogens (tertiary/aromatic N) is 2. The van der Waals surface area contributed by atoms with Crippen LogP contribution in [0.15, 0.2) is 35.5 Å². The van der Waals surface area contributed by atoms with Gasteiger partial charge in [-0.2, -0.15) is 5.10 Å². The lowest BCUT2D eigenvalue weighted by atomic mass is 10.2. The molecular formula is C14H17N3O5S. The predicted octanol–water partition coefficient (Wildman–Crippen LogP) is 1.97. The van der Waals surface area contributed by atoms with Crippen molar-refractivity contribution in [3.63, 3.8) is 0 Å². The number of carboxylic acids is 1. The van der Waals surface area contributed by atoms with E-state index in [0.717, 1.165) is 0 Å². The van der Waals surface area contributed by atoms with Gasteiger partial charge in [0.05, 0.1) is 24.6 Å². The second-order valence-electron chi connectivity index (χ2n) is 5.08. The van der Waals surface area contributed by atoms with E-state index in [9.17, 15) is 13.2 Å². The maximum absolute atomic E-state index is 12.4. The Bertz CT molecular complexity index is 827. The molecule has 0 aliphatic heterocycles. The number of hydrogen-bond donors (Lipinski definition) is 2. The van der Waals surface area contributed by atoms with Crippen LogP contribution in [0.2, 0.25) is 0 Å². The van der Waals surface area contributed by atoms with Crippen molar-refractivity contribution in [1.29, 1.82) is 0 Å². The number of methoxy groups -OCH3 is 1. The van der Waals surface area contributed by atoms with E-state index in [2.05, 4.69) is 9.82 Å². The van der Waals surface area contributed by atoms with Crippen molar-refractivity contribution in [2.45, 2.75) is 24.8 Å². The number of ether oxygens (including phenoxy) is 1. The van der Waals surface area contributed by atoms with Crippen LogP contribution in [0.4, 0.5) is 5.69 Å². The smallest absolute Gasteiger partial charge is 0.335 e. The molecule has 0 bridgehead atoms. The predicted molar refractivity (Wildman–Crippen MR) is 83.4 cm³/mol. The molecule has 2 rings (SSSR count). The van der Waals surface area contributed by atoms with Crippen molar-refractivity contribution < 1.29 is 23.1 Å². The fraction of sp³-hybridized carbons (Fsp3) is 0.286. The van der Waals surface area contributed by atoms with Crippen molar-refractivity contribution in [3.05, 3.63) is 36.2 Å². The topological polar surface area (TPSA) is 111 Å². The molecule has 0 fully saturated rings. The van der Waals surface area contributed by atoms with Gasteiger partial charge in [0.15, 0.2) is 0 Å². The number of carboxylic acid groups (broad SMARTS) is 1. The Kier molecular flexibility index (Phi) is 4.60. The third kappa shape index (κ3) is 3.62. The first-order chi connectivity index (χ1) is 10.7. The molecule has 0 aliphatic rings. The summed E-state index contributed by atoms with van der Waals surface area (Å²) >= 11 is 0. The van der Waals surface area contributed by atoms with Crippen molar-refractivity contribution in [2.75, 3.05) is 11.8 Å². The molecule has 23 heavy (non-hydrogen) atoms. The number of hydrogen-bond acceptors (Lipinski definition) is 5. The third-order valence-electron chi connectivity index (χ3n) is 3.11. The van der Waals surface area contributed by atoms with E-state index in [1.165, 1.54) is 42.4 Å². The van der Waals surface area contributed by atoms with Crippen LogP contribution in [-0.4, -0.2) is 36.4 Å². The van der Waals surface area contributed by atoms with Crippen LogP contribution in [0.3, 0.4) is 0 Å². The number of aromatic nitrogens is 2. The fourth-order valence-electron chi connectivity index (χ4n) is 1.87. The molecular weight excluding hydrogens is 322 g/mol. The Morgan fingerprint density at radius 3 is 2.61 bits per heavy atom. The van der Waals surface area contributed by atoms with E-state index in [-0.39, 0.29) is 27.9 Å². The van der Waals surface area contributed by atoms with Crippen LogP contribution >= 0.6 is 0 Å². The Labute approximate surface area is 133 Å². The maximum atomic E-state index is 12.4. The van der Waals surface area contributed by atoms with Gasteiger partial charge in [0, 0.05) is 12.2 Å². The highest BCUT2D eigenvalue weighted by molar-refractivity contribution is 7.92. The van der Waals surface area contributed by atoms with Crippen LogP contribution in [0, 0.1) is 0 Å². The first kappa shape index (κ1) is 16.8. The van der Waals surface area contributed by atoms with Gasteiger partial charge in [-0.15, -0.1) is 0 Å². The van der Waals surface area contributed by atoms with Crippen LogP contribution in [0.25, 0.3) is 0 Å². The summed E-state index contributed by atoms with van der Waals surface area (Å²) in [5.74, 6) is -0.949. The van der Waals surface area contributed by atoms with E-state index < -0.39 is 16.0 Å². The lowest BCUT2D eigenvalue weighted by Crippen LogP contribution is -2.14. The number of benzene rings is 1. The summed E-state index contributed by atoms with van der Waals surface area (Å²) in [7, 11) is -2.54. The fourth-order valence-corrected chi connectivity index (χ4v) is 2.87. The quantitative estimate of drug-likeness (QED) is 0.832. The van der Waals surface area contributed by atoms with E-state index >= 15 is 0 Å². The van der Waals surface area contributed by atoms with Crippen LogP contribution in [0.1, 0.15) is 30.2 Å². The van der Waals surface area contributed by atoms with Gasteiger partial charge in [0.25, 0.3) is 10.0 Å². The molecule has 0 atom stereocenters. The Morgan fingerprint density at radius 2 is 2.09 bits per heavy atom. The zero-order valence-electron chi connectivity index (χ0n) is 12.8. The molecule has 1 heterocycles. The van der Waals surface area contributed by atoms with Gasteiger partial charge in [-0.3, -0.25) is 9.40 Å². The highest BCUT2D eigenvalue weighted by Gasteiger charge is 2.20. The normalized spacial score (nSPS) is 11.5. The highest BCUT2D eigenvalue weighted by Crippen LogP contribution is 2.28. The molecule has 1 aromatic heterocycles.